The maximum absolute atomic E-state index is 13.0. The van der Waals surface area contributed by atoms with Crippen LogP contribution in [-0.4, -0.2) is 40.0 Å². The van der Waals surface area contributed by atoms with Crippen LogP contribution in [0, 0.1) is 5.92 Å². The Morgan fingerprint density at radius 2 is 2.00 bits per heavy atom. The van der Waals surface area contributed by atoms with Crippen LogP contribution in [0.5, 0.6) is 0 Å². The molecular formula is C16H27ClN4O. The topological polar surface area (TPSA) is 50.2 Å². The predicted molar refractivity (Wildman–Crippen MR) is 89.0 cm³/mol. The highest BCUT2D eigenvalue weighted by atomic mass is 35.5. The maximum Gasteiger partial charge on any atom is 0.226 e. The van der Waals surface area contributed by atoms with E-state index in [4.69, 9.17) is 0 Å². The fraction of sp³-hybridized carbons (Fsp3) is 0.750. The Kier molecular flexibility index (Phi) is 6.26. The third kappa shape index (κ3) is 3.63. The van der Waals surface area contributed by atoms with Crippen LogP contribution >= 0.6 is 12.4 Å². The molecule has 22 heavy (non-hydrogen) atoms. The van der Waals surface area contributed by atoms with Gasteiger partial charge in [0.15, 0.2) is 0 Å². The van der Waals surface area contributed by atoms with Crippen molar-refractivity contribution in [3.8, 4) is 0 Å². The van der Waals surface area contributed by atoms with Gasteiger partial charge in [-0.1, -0.05) is 25.7 Å². The summed E-state index contributed by atoms with van der Waals surface area (Å²) in [6, 6.07) is 0.0782. The van der Waals surface area contributed by atoms with Gasteiger partial charge in [0.2, 0.25) is 5.91 Å². The minimum Gasteiger partial charge on any atom is -0.336 e. The van der Waals surface area contributed by atoms with Crippen molar-refractivity contribution in [2.75, 3.05) is 19.6 Å². The standard InChI is InChI=1S/C16H26N4O.ClH/c1-19-10-9-18-15(19)14-12-17-8-11-20(14)16(21)13-6-4-2-3-5-7-13;/h9-10,13-14,17H,2-8,11-12H2,1H3;1H. The summed E-state index contributed by atoms with van der Waals surface area (Å²) in [5.41, 5.74) is 0. The van der Waals surface area contributed by atoms with Crippen molar-refractivity contribution in [3.05, 3.63) is 18.2 Å². The summed E-state index contributed by atoms with van der Waals surface area (Å²) in [7, 11) is 2.01. The van der Waals surface area contributed by atoms with Gasteiger partial charge in [0.25, 0.3) is 0 Å². The molecule has 1 atom stereocenters. The van der Waals surface area contributed by atoms with Gasteiger partial charge >= 0.3 is 0 Å². The largest absolute Gasteiger partial charge is 0.336 e. The minimum atomic E-state index is 0. The van der Waals surface area contributed by atoms with Gasteiger partial charge in [-0.15, -0.1) is 12.4 Å². The second-order valence-electron chi connectivity index (χ2n) is 6.34. The van der Waals surface area contributed by atoms with Gasteiger partial charge in [0, 0.05) is 45.0 Å². The van der Waals surface area contributed by atoms with Crippen molar-refractivity contribution in [1.82, 2.24) is 19.8 Å². The number of nitrogens with zero attached hydrogens (tertiary/aromatic N) is 3. The van der Waals surface area contributed by atoms with Gasteiger partial charge in [-0.3, -0.25) is 4.79 Å². The molecule has 1 N–H and O–H groups in total. The Balaban J connectivity index is 0.00000176. The molecule has 1 saturated heterocycles. The number of rotatable bonds is 2. The van der Waals surface area contributed by atoms with Gasteiger partial charge in [0.05, 0.1) is 0 Å². The lowest BCUT2D eigenvalue weighted by atomic mass is 9.97. The molecule has 0 bridgehead atoms. The molecule has 1 aromatic rings. The molecular weight excluding hydrogens is 300 g/mol. The first-order valence-electron chi connectivity index (χ1n) is 8.26. The van der Waals surface area contributed by atoms with E-state index in [1.807, 2.05) is 24.0 Å². The molecule has 1 aliphatic carbocycles. The van der Waals surface area contributed by atoms with E-state index in [0.717, 1.165) is 38.3 Å². The summed E-state index contributed by atoms with van der Waals surface area (Å²) in [6.07, 6.45) is 10.9. The van der Waals surface area contributed by atoms with Crippen LogP contribution in [0.1, 0.15) is 50.4 Å². The summed E-state index contributed by atoms with van der Waals surface area (Å²) in [6.45, 7) is 2.50. The third-order valence-corrected chi connectivity index (χ3v) is 4.89. The number of aromatic nitrogens is 2. The first-order valence-corrected chi connectivity index (χ1v) is 8.26. The quantitative estimate of drug-likeness (QED) is 0.848. The van der Waals surface area contributed by atoms with E-state index < -0.39 is 0 Å². The number of carbonyl (C=O) groups excluding carboxylic acids is 1. The van der Waals surface area contributed by atoms with Crippen LogP contribution in [0.2, 0.25) is 0 Å². The fourth-order valence-electron chi connectivity index (χ4n) is 3.66. The zero-order valence-electron chi connectivity index (χ0n) is 13.3. The average Bonchev–Trinajstić information content (AvgIpc) is 2.77. The number of carbonyl (C=O) groups is 1. The Morgan fingerprint density at radius 3 is 2.64 bits per heavy atom. The van der Waals surface area contributed by atoms with Crippen LogP contribution in [0.3, 0.4) is 0 Å². The zero-order valence-corrected chi connectivity index (χ0v) is 14.1. The number of halogens is 1. The highest BCUT2D eigenvalue weighted by molar-refractivity contribution is 5.85. The monoisotopic (exact) mass is 326 g/mol. The van der Waals surface area contributed by atoms with Crippen LogP contribution in [0.15, 0.2) is 12.4 Å². The molecule has 3 rings (SSSR count). The van der Waals surface area contributed by atoms with Gasteiger partial charge in [-0.05, 0) is 12.8 Å². The highest BCUT2D eigenvalue weighted by Gasteiger charge is 2.34. The number of amides is 1. The van der Waals surface area contributed by atoms with E-state index in [1.54, 1.807) is 0 Å². The molecule has 1 aliphatic heterocycles. The van der Waals surface area contributed by atoms with Gasteiger partial charge in [-0.25, -0.2) is 4.98 Å². The lowest BCUT2D eigenvalue weighted by Gasteiger charge is -2.37. The van der Waals surface area contributed by atoms with E-state index in [-0.39, 0.29) is 24.4 Å². The molecule has 2 aliphatic rings. The molecule has 1 saturated carbocycles. The van der Waals surface area contributed by atoms with Gasteiger partial charge in [-0.2, -0.15) is 0 Å². The fourth-order valence-corrected chi connectivity index (χ4v) is 3.66. The Hall–Kier alpha value is -1.07. The van der Waals surface area contributed by atoms with Gasteiger partial charge < -0.3 is 14.8 Å². The van der Waals surface area contributed by atoms with E-state index in [0.29, 0.717) is 5.91 Å². The van der Waals surface area contributed by atoms with Gasteiger partial charge in [0.1, 0.15) is 11.9 Å². The number of hydrogen-bond donors (Lipinski definition) is 1. The molecule has 5 nitrogen and oxygen atoms in total. The number of aryl methyl sites for hydroxylation is 1. The van der Waals surface area contributed by atoms with Crippen molar-refractivity contribution in [2.24, 2.45) is 13.0 Å². The molecule has 0 spiro atoms. The number of hydrogen-bond acceptors (Lipinski definition) is 3. The second kappa shape index (κ2) is 7.97. The summed E-state index contributed by atoms with van der Waals surface area (Å²) in [5, 5.41) is 3.40. The van der Waals surface area contributed by atoms with Crippen LogP contribution in [0.4, 0.5) is 0 Å². The van der Waals surface area contributed by atoms with E-state index >= 15 is 0 Å². The molecule has 1 aromatic heterocycles. The van der Waals surface area contributed by atoms with Crippen molar-refractivity contribution in [1.29, 1.82) is 0 Å². The molecule has 1 amide bonds. The summed E-state index contributed by atoms with van der Waals surface area (Å²) < 4.78 is 2.03. The normalized spacial score (nSPS) is 23.7. The Morgan fingerprint density at radius 1 is 1.27 bits per heavy atom. The average molecular weight is 327 g/mol. The number of piperazine rings is 1. The first kappa shape index (κ1) is 17.3. The Labute approximate surface area is 138 Å². The van der Waals surface area contributed by atoms with Crippen molar-refractivity contribution in [3.63, 3.8) is 0 Å². The van der Waals surface area contributed by atoms with E-state index in [2.05, 4.69) is 15.2 Å². The summed E-state index contributed by atoms with van der Waals surface area (Å²) in [5.74, 6) is 1.57. The molecule has 0 radical (unpaired) electrons. The number of imidazole rings is 1. The predicted octanol–water partition coefficient (Wildman–Crippen LogP) is 2.29. The van der Waals surface area contributed by atoms with E-state index in [1.165, 1.54) is 25.7 Å². The molecule has 124 valence electrons. The Bertz CT molecular complexity index is 482. The third-order valence-electron chi connectivity index (χ3n) is 4.89. The lowest BCUT2D eigenvalue weighted by Crippen LogP contribution is -2.51. The van der Waals surface area contributed by atoms with Crippen LogP contribution < -0.4 is 5.32 Å². The van der Waals surface area contributed by atoms with E-state index in [9.17, 15) is 4.79 Å². The first-order chi connectivity index (χ1) is 10.3. The summed E-state index contributed by atoms with van der Waals surface area (Å²) in [4.78, 5) is 19.5. The molecule has 2 heterocycles. The summed E-state index contributed by atoms with van der Waals surface area (Å²) >= 11 is 0. The molecule has 2 fully saturated rings. The lowest BCUT2D eigenvalue weighted by molar-refractivity contribution is -0.139. The SMILES string of the molecule is Cl.Cn1ccnc1C1CNCCN1C(=O)C1CCCCCC1. The zero-order chi connectivity index (χ0) is 14.7. The molecule has 1 unspecified atom stereocenters. The second-order valence-corrected chi connectivity index (χ2v) is 6.34. The van der Waals surface area contributed by atoms with Crippen molar-refractivity contribution >= 4 is 18.3 Å². The smallest absolute Gasteiger partial charge is 0.226 e. The molecule has 6 heteroatoms. The van der Waals surface area contributed by atoms with Crippen molar-refractivity contribution in [2.45, 2.75) is 44.6 Å². The van der Waals surface area contributed by atoms with Crippen LogP contribution in [-0.2, 0) is 11.8 Å². The molecule has 0 aromatic carbocycles. The van der Waals surface area contributed by atoms with Crippen molar-refractivity contribution < 1.29 is 4.79 Å². The maximum atomic E-state index is 13.0. The van der Waals surface area contributed by atoms with Crippen LogP contribution in [0.25, 0.3) is 0 Å². The highest BCUT2D eigenvalue weighted by Crippen LogP contribution is 2.29. The minimum absolute atomic E-state index is 0. The number of nitrogens with one attached hydrogen (secondary N) is 1.